The van der Waals surface area contributed by atoms with Crippen molar-refractivity contribution in [1.82, 2.24) is 0 Å². The van der Waals surface area contributed by atoms with Crippen molar-refractivity contribution in [2.75, 3.05) is 6.67 Å². The minimum Gasteiger partial charge on any atom is -0.248 e. The van der Waals surface area contributed by atoms with Crippen LogP contribution in [-0.4, -0.2) is 6.67 Å². The molecular formula is C8H8F2. The summed E-state index contributed by atoms with van der Waals surface area (Å²) in [6.07, 6.45) is -1.46. The number of hydrogen-bond donors (Lipinski definition) is 0. The third-order valence-corrected chi connectivity index (χ3v) is 1.30. The summed E-state index contributed by atoms with van der Waals surface area (Å²) in [5.74, 6) is 0. The van der Waals surface area contributed by atoms with E-state index in [-0.39, 0.29) is 0 Å². The lowest BCUT2D eigenvalue weighted by Crippen LogP contribution is -1.91. The van der Waals surface area contributed by atoms with Gasteiger partial charge in [-0.25, -0.2) is 8.78 Å². The Kier molecular flexibility index (Phi) is 2.37. The first-order valence-corrected chi connectivity index (χ1v) is 3.09. The van der Waals surface area contributed by atoms with Crippen molar-refractivity contribution in [3.63, 3.8) is 0 Å². The van der Waals surface area contributed by atoms with Crippen LogP contribution in [0.15, 0.2) is 30.3 Å². The van der Waals surface area contributed by atoms with Crippen LogP contribution in [0.5, 0.6) is 0 Å². The van der Waals surface area contributed by atoms with E-state index in [2.05, 4.69) is 0 Å². The maximum absolute atomic E-state index is 12.5. The van der Waals surface area contributed by atoms with Crippen LogP contribution in [0.3, 0.4) is 0 Å². The lowest BCUT2D eigenvalue weighted by molar-refractivity contribution is 0.266. The van der Waals surface area contributed by atoms with Crippen LogP contribution in [0.4, 0.5) is 8.78 Å². The molecule has 0 fully saturated rings. The molecule has 0 saturated carbocycles. The van der Waals surface area contributed by atoms with Gasteiger partial charge < -0.3 is 0 Å². The molecule has 0 aliphatic heterocycles. The van der Waals surface area contributed by atoms with Gasteiger partial charge in [-0.2, -0.15) is 0 Å². The van der Waals surface area contributed by atoms with Crippen LogP contribution in [0, 0.1) is 0 Å². The summed E-state index contributed by atoms with van der Waals surface area (Å²) in [5.41, 5.74) is 0.407. The smallest absolute Gasteiger partial charge is 0.153 e. The van der Waals surface area contributed by atoms with Gasteiger partial charge >= 0.3 is 0 Å². The minimum absolute atomic E-state index is 0.407. The van der Waals surface area contributed by atoms with Gasteiger partial charge in [0.15, 0.2) is 6.17 Å². The fourth-order valence-electron chi connectivity index (χ4n) is 0.751. The number of halogens is 2. The second kappa shape index (κ2) is 3.30. The summed E-state index contributed by atoms with van der Waals surface area (Å²) in [4.78, 5) is 0. The van der Waals surface area contributed by atoms with E-state index in [4.69, 9.17) is 0 Å². The Hall–Kier alpha value is -0.920. The summed E-state index contributed by atoms with van der Waals surface area (Å²) >= 11 is 0. The highest BCUT2D eigenvalue weighted by molar-refractivity contribution is 5.17. The Morgan fingerprint density at radius 3 is 2.30 bits per heavy atom. The van der Waals surface area contributed by atoms with E-state index >= 15 is 0 Å². The first-order chi connectivity index (χ1) is 4.84. The molecule has 0 aromatic heterocycles. The van der Waals surface area contributed by atoms with E-state index in [0.29, 0.717) is 5.56 Å². The molecule has 1 rings (SSSR count). The lowest BCUT2D eigenvalue weighted by Gasteiger charge is -2.00. The highest BCUT2D eigenvalue weighted by Crippen LogP contribution is 2.16. The highest BCUT2D eigenvalue weighted by Gasteiger charge is 2.06. The molecule has 1 aromatic carbocycles. The standard InChI is InChI=1S/C8H8F2/c9-6-8(10)7-4-2-1-3-5-7/h1-5,8H,6H2/t8-/m1/s1. The number of benzene rings is 1. The first kappa shape index (κ1) is 7.19. The second-order valence-electron chi connectivity index (χ2n) is 2.03. The molecule has 0 amide bonds. The van der Waals surface area contributed by atoms with Crippen LogP contribution in [0.1, 0.15) is 11.7 Å². The van der Waals surface area contributed by atoms with Crippen molar-refractivity contribution >= 4 is 0 Å². The van der Waals surface area contributed by atoms with Crippen LogP contribution in [0.25, 0.3) is 0 Å². The predicted octanol–water partition coefficient (Wildman–Crippen LogP) is 2.67. The minimum atomic E-state index is -1.46. The van der Waals surface area contributed by atoms with Gasteiger partial charge in [-0.1, -0.05) is 30.3 Å². The van der Waals surface area contributed by atoms with Crippen molar-refractivity contribution in [2.45, 2.75) is 6.17 Å². The van der Waals surface area contributed by atoms with Crippen LogP contribution in [0.2, 0.25) is 0 Å². The van der Waals surface area contributed by atoms with E-state index in [1.54, 1.807) is 30.3 Å². The summed E-state index contributed by atoms with van der Waals surface area (Å²) in [7, 11) is 0. The second-order valence-corrected chi connectivity index (χ2v) is 2.03. The van der Waals surface area contributed by atoms with Gasteiger partial charge in [0.05, 0.1) is 0 Å². The van der Waals surface area contributed by atoms with Gasteiger partial charge in [0.2, 0.25) is 0 Å². The summed E-state index contributed by atoms with van der Waals surface area (Å²) in [6.45, 7) is -0.940. The molecule has 0 bridgehead atoms. The van der Waals surface area contributed by atoms with Crippen molar-refractivity contribution in [3.8, 4) is 0 Å². The molecule has 0 saturated heterocycles. The fourth-order valence-corrected chi connectivity index (χ4v) is 0.751. The largest absolute Gasteiger partial charge is 0.248 e. The average Bonchev–Trinajstić information content (AvgIpc) is 2.05. The summed E-state index contributed by atoms with van der Waals surface area (Å²) < 4.78 is 24.2. The molecule has 0 N–H and O–H groups in total. The van der Waals surface area contributed by atoms with Crippen molar-refractivity contribution in [1.29, 1.82) is 0 Å². The molecule has 54 valence electrons. The predicted molar refractivity (Wildman–Crippen MR) is 36.3 cm³/mol. The lowest BCUT2D eigenvalue weighted by atomic mass is 10.1. The maximum atomic E-state index is 12.5. The van der Waals surface area contributed by atoms with Gasteiger partial charge in [-0.3, -0.25) is 0 Å². The molecule has 10 heavy (non-hydrogen) atoms. The molecular weight excluding hydrogens is 134 g/mol. The van der Waals surface area contributed by atoms with Crippen LogP contribution < -0.4 is 0 Å². The Morgan fingerprint density at radius 1 is 1.20 bits per heavy atom. The van der Waals surface area contributed by atoms with E-state index in [0.717, 1.165) is 0 Å². The van der Waals surface area contributed by atoms with Crippen molar-refractivity contribution < 1.29 is 8.78 Å². The van der Waals surface area contributed by atoms with Crippen molar-refractivity contribution in [3.05, 3.63) is 35.9 Å². The van der Waals surface area contributed by atoms with Gasteiger partial charge in [0.25, 0.3) is 0 Å². The quantitative estimate of drug-likeness (QED) is 0.595. The zero-order chi connectivity index (χ0) is 7.40. The molecule has 2 heteroatoms. The number of hydrogen-bond acceptors (Lipinski definition) is 0. The van der Waals surface area contributed by atoms with E-state index in [9.17, 15) is 8.78 Å². The van der Waals surface area contributed by atoms with Crippen LogP contribution in [-0.2, 0) is 0 Å². The number of rotatable bonds is 2. The van der Waals surface area contributed by atoms with Gasteiger partial charge in [0.1, 0.15) is 6.67 Å². The average molecular weight is 142 g/mol. The molecule has 0 nitrogen and oxygen atoms in total. The Labute approximate surface area is 58.5 Å². The van der Waals surface area contributed by atoms with Gasteiger partial charge in [0, 0.05) is 0 Å². The Bertz CT molecular complexity index is 184. The Balaban J connectivity index is 2.75. The normalized spacial score (nSPS) is 13.0. The van der Waals surface area contributed by atoms with Crippen molar-refractivity contribution in [2.24, 2.45) is 0 Å². The zero-order valence-corrected chi connectivity index (χ0v) is 5.43. The first-order valence-electron chi connectivity index (χ1n) is 3.09. The summed E-state index contributed by atoms with van der Waals surface area (Å²) in [6, 6.07) is 8.30. The molecule has 0 aliphatic rings. The van der Waals surface area contributed by atoms with E-state index in [1.807, 2.05) is 0 Å². The zero-order valence-electron chi connectivity index (χ0n) is 5.43. The third kappa shape index (κ3) is 1.53. The Morgan fingerprint density at radius 2 is 1.80 bits per heavy atom. The van der Waals surface area contributed by atoms with E-state index in [1.165, 1.54) is 0 Å². The topological polar surface area (TPSA) is 0 Å². The molecule has 0 unspecified atom stereocenters. The van der Waals surface area contributed by atoms with Gasteiger partial charge in [-0.15, -0.1) is 0 Å². The molecule has 1 atom stereocenters. The molecule has 0 radical (unpaired) electrons. The number of alkyl halides is 2. The molecule has 0 heterocycles. The molecule has 0 spiro atoms. The monoisotopic (exact) mass is 142 g/mol. The van der Waals surface area contributed by atoms with E-state index < -0.39 is 12.8 Å². The summed E-state index contributed by atoms with van der Waals surface area (Å²) in [5, 5.41) is 0. The SMILES string of the molecule is FC[C@@H](F)c1ccccc1. The highest BCUT2D eigenvalue weighted by atomic mass is 19.2. The maximum Gasteiger partial charge on any atom is 0.153 e. The fraction of sp³-hybridized carbons (Fsp3) is 0.250. The van der Waals surface area contributed by atoms with Crippen LogP contribution >= 0.6 is 0 Å². The third-order valence-electron chi connectivity index (χ3n) is 1.30. The molecule has 1 aromatic rings. The molecule has 0 aliphatic carbocycles. The van der Waals surface area contributed by atoms with Gasteiger partial charge in [-0.05, 0) is 5.56 Å².